The van der Waals surface area contributed by atoms with Crippen LogP contribution in [0.2, 0.25) is 0 Å². The number of hydrogen-bond donors (Lipinski definition) is 2. The van der Waals surface area contributed by atoms with E-state index in [2.05, 4.69) is 24.3 Å². The number of aryl methyl sites for hydroxylation is 1. The van der Waals surface area contributed by atoms with Crippen LogP contribution in [0.1, 0.15) is 63.4 Å². The summed E-state index contributed by atoms with van der Waals surface area (Å²) in [5.74, 6) is 0.969. The molecular formula is C21H38N2O2. The minimum Gasteiger partial charge on any atom is -0.494 e. The zero-order valence-corrected chi connectivity index (χ0v) is 15.9. The van der Waals surface area contributed by atoms with Gasteiger partial charge in [0.2, 0.25) is 0 Å². The monoisotopic (exact) mass is 350 g/mol. The van der Waals surface area contributed by atoms with Gasteiger partial charge in [-0.05, 0) is 69.3 Å². The van der Waals surface area contributed by atoms with Gasteiger partial charge in [-0.25, -0.2) is 0 Å². The molecule has 0 spiro atoms. The summed E-state index contributed by atoms with van der Waals surface area (Å²) in [4.78, 5) is 0. The molecule has 0 atom stereocenters. The SMILES string of the molecule is NCCCCCCOCCCc1ccc(OCCCCCCN)cc1. The zero-order chi connectivity index (χ0) is 18.0. The molecule has 0 bridgehead atoms. The number of hydrogen-bond acceptors (Lipinski definition) is 4. The lowest BCUT2D eigenvalue weighted by Gasteiger charge is -2.08. The van der Waals surface area contributed by atoms with E-state index in [-0.39, 0.29) is 0 Å². The van der Waals surface area contributed by atoms with E-state index in [1.54, 1.807) is 0 Å². The summed E-state index contributed by atoms with van der Waals surface area (Å²) < 4.78 is 11.5. The van der Waals surface area contributed by atoms with Crippen molar-refractivity contribution in [3.63, 3.8) is 0 Å². The molecule has 0 saturated heterocycles. The van der Waals surface area contributed by atoms with Crippen LogP contribution in [0.4, 0.5) is 0 Å². The van der Waals surface area contributed by atoms with Gasteiger partial charge in [0.25, 0.3) is 0 Å². The molecule has 0 aliphatic heterocycles. The van der Waals surface area contributed by atoms with Gasteiger partial charge in [-0.2, -0.15) is 0 Å². The van der Waals surface area contributed by atoms with Gasteiger partial charge in [-0.15, -0.1) is 0 Å². The van der Waals surface area contributed by atoms with Crippen molar-refractivity contribution >= 4 is 0 Å². The van der Waals surface area contributed by atoms with Crippen LogP contribution in [0.25, 0.3) is 0 Å². The van der Waals surface area contributed by atoms with Crippen LogP contribution in [0.5, 0.6) is 5.75 Å². The van der Waals surface area contributed by atoms with Gasteiger partial charge in [0.15, 0.2) is 0 Å². The average molecular weight is 351 g/mol. The lowest BCUT2D eigenvalue weighted by atomic mass is 10.1. The van der Waals surface area contributed by atoms with Crippen LogP contribution in [-0.2, 0) is 11.2 Å². The Labute approximate surface area is 154 Å². The molecule has 144 valence electrons. The smallest absolute Gasteiger partial charge is 0.119 e. The number of nitrogens with two attached hydrogens (primary N) is 2. The largest absolute Gasteiger partial charge is 0.494 e. The molecule has 1 aromatic carbocycles. The summed E-state index contributed by atoms with van der Waals surface area (Å²) in [7, 11) is 0. The Kier molecular flexibility index (Phi) is 14.4. The van der Waals surface area contributed by atoms with Crippen molar-refractivity contribution in [2.75, 3.05) is 32.9 Å². The van der Waals surface area contributed by atoms with Crippen LogP contribution in [0, 0.1) is 0 Å². The Balaban J connectivity index is 1.99. The third kappa shape index (κ3) is 12.9. The number of unbranched alkanes of at least 4 members (excludes halogenated alkanes) is 6. The summed E-state index contributed by atoms with van der Waals surface area (Å²) in [6, 6.07) is 8.48. The summed E-state index contributed by atoms with van der Waals surface area (Å²) in [5, 5.41) is 0. The Hall–Kier alpha value is -1.10. The van der Waals surface area contributed by atoms with Crippen molar-refractivity contribution in [1.82, 2.24) is 0 Å². The normalized spacial score (nSPS) is 11.0. The van der Waals surface area contributed by atoms with Crippen molar-refractivity contribution in [3.05, 3.63) is 29.8 Å². The lowest BCUT2D eigenvalue weighted by molar-refractivity contribution is 0.128. The maximum absolute atomic E-state index is 5.78. The number of rotatable bonds is 17. The summed E-state index contributed by atoms with van der Waals surface area (Å²) >= 11 is 0. The second-order valence-corrected chi connectivity index (χ2v) is 6.61. The second kappa shape index (κ2) is 16.4. The highest BCUT2D eigenvalue weighted by molar-refractivity contribution is 5.27. The lowest BCUT2D eigenvalue weighted by Crippen LogP contribution is -2.01. The fraction of sp³-hybridized carbons (Fsp3) is 0.714. The van der Waals surface area contributed by atoms with E-state index in [0.29, 0.717) is 0 Å². The van der Waals surface area contributed by atoms with Gasteiger partial charge in [0, 0.05) is 13.2 Å². The highest BCUT2D eigenvalue weighted by Crippen LogP contribution is 2.14. The zero-order valence-electron chi connectivity index (χ0n) is 15.9. The molecule has 0 unspecified atom stereocenters. The van der Waals surface area contributed by atoms with Crippen molar-refractivity contribution in [2.24, 2.45) is 11.5 Å². The number of benzene rings is 1. The molecule has 0 saturated carbocycles. The summed E-state index contributed by atoms with van der Waals surface area (Å²) in [6.45, 7) is 4.12. The van der Waals surface area contributed by atoms with Gasteiger partial charge in [-0.1, -0.05) is 37.8 Å². The minimum absolute atomic E-state index is 0.794. The first-order valence-electron chi connectivity index (χ1n) is 10.1. The Morgan fingerprint density at radius 2 is 1.16 bits per heavy atom. The maximum atomic E-state index is 5.78. The van der Waals surface area contributed by atoms with Crippen molar-refractivity contribution < 1.29 is 9.47 Å². The summed E-state index contributed by atoms with van der Waals surface area (Å²) in [6.07, 6.45) is 11.5. The van der Waals surface area contributed by atoms with Crippen LogP contribution >= 0.6 is 0 Å². The van der Waals surface area contributed by atoms with Crippen LogP contribution < -0.4 is 16.2 Å². The first kappa shape index (κ1) is 21.9. The molecule has 1 aromatic rings. The molecule has 4 N–H and O–H groups in total. The van der Waals surface area contributed by atoms with Gasteiger partial charge < -0.3 is 20.9 Å². The van der Waals surface area contributed by atoms with Gasteiger partial charge >= 0.3 is 0 Å². The Morgan fingerprint density at radius 3 is 1.80 bits per heavy atom. The predicted octanol–water partition coefficient (Wildman–Crippen LogP) is 4.05. The summed E-state index contributed by atoms with van der Waals surface area (Å²) in [5.41, 5.74) is 12.3. The molecule has 0 aliphatic carbocycles. The van der Waals surface area contributed by atoms with Gasteiger partial charge in [0.1, 0.15) is 5.75 Å². The fourth-order valence-electron chi connectivity index (χ4n) is 2.72. The topological polar surface area (TPSA) is 70.5 Å². The van der Waals surface area contributed by atoms with Crippen LogP contribution in [-0.4, -0.2) is 32.9 Å². The van der Waals surface area contributed by atoms with E-state index in [1.807, 2.05) is 0 Å². The molecule has 4 nitrogen and oxygen atoms in total. The third-order valence-electron chi connectivity index (χ3n) is 4.29. The van der Waals surface area contributed by atoms with E-state index >= 15 is 0 Å². The maximum Gasteiger partial charge on any atom is 0.119 e. The minimum atomic E-state index is 0.794. The molecule has 0 amide bonds. The average Bonchev–Trinajstić information content (AvgIpc) is 2.64. The van der Waals surface area contributed by atoms with Gasteiger partial charge in [-0.3, -0.25) is 0 Å². The second-order valence-electron chi connectivity index (χ2n) is 6.61. The molecule has 0 radical (unpaired) electrons. The molecule has 25 heavy (non-hydrogen) atoms. The van der Waals surface area contributed by atoms with Crippen LogP contribution in [0.15, 0.2) is 24.3 Å². The third-order valence-corrected chi connectivity index (χ3v) is 4.29. The number of ether oxygens (including phenoxy) is 2. The first-order chi connectivity index (χ1) is 12.4. The van der Waals surface area contributed by atoms with Crippen LogP contribution in [0.3, 0.4) is 0 Å². The van der Waals surface area contributed by atoms with E-state index < -0.39 is 0 Å². The molecular weight excluding hydrogens is 312 g/mol. The Bertz CT molecular complexity index is 395. The standard InChI is InChI=1S/C21H38N2O2/c22-15-5-1-3-7-17-24-18-9-10-20-11-13-21(14-12-20)25-19-8-4-2-6-16-23/h11-14H,1-10,15-19,22-23H2. The van der Waals surface area contributed by atoms with E-state index in [4.69, 9.17) is 20.9 Å². The van der Waals surface area contributed by atoms with E-state index in [0.717, 1.165) is 77.2 Å². The molecule has 0 aliphatic rings. The molecule has 0 fully saturated rings. The highest BCUT2D eigenvalue weighted by Gasteiger charge is 1.98. The highest BCUT2D eigenvalue weighted by atomic mass is 16.5. The van der Waals surface area contributed by atoms with Crippen molar-refractivity contribution in [3.8, 4) is 5.75 Å². The Morgan fingerprint density at radius 1 is 0.600 bits per heavy atom. The van der Waals surface area contributed by atoms with E-state index in [9.17, 15) is 0 Å². The quantitative estimate of drug-likeness (QED) is 0.416. The fourth-order valence-corrected chi connectivity index (χ4v) is 2.72. The molecule has 0 aromatic heterocycles. The van der Waals surface area contributed by atoms with Gasteiger partial charge in [0.05, 0.1) is 6.61 Å². The van der Waals surface area contributed by atoms with E-state index in [1.165, 1.54) is 31.2 Å². The predicted molar refractivity (Wildman–Crippen MR) is 106 cm³/mol. The first-order valence-corrected chi connectivity index (χ1v) is 10.1. The molecule has 4 heteroatoms. The van der Waals surface area contributed by atoms with Crippen molar-refractivity contribution in [1.29, 1.82) is 0 Å². The molecule has 1 rings (SSSR count). The van der Waals surface area contributed by atoms with Crippen molar-refractivity contribution in [2.45, 2.75) is 64.2 Å². The molecule has 0 heterocycles.